The summed E-state index contributed by atoms with van der Waals surface area (Å²) in [5.41, 5.74) is 2.92. The SMILES string of the molecule is CCN(CC)c1ccc(/C=N\NC(=O)[C@@H]2[C@H]3CCCC[C@]32C)o1. The molecule has 1 N–H and O–H groups in total. The summed E-state index contributed by atoms with van der Waals surface area (Å²) in [4.78, 5) is 14.4. The summed E-state index contributed by atoms with van der Waals surface area (Å²) in [5.74, 6) is 2.26. The van der Waals surface area contributed by atoms with Crippen LogP contribution in [0.1, 0.15) is 52.2 Å². The highest BCUT2D eigenvalue weighted by Gasteiger charge is 2.64. The van der Waals surface area contributed by atoms with Crippen molar-refractivity contribution in [3.05, 3.63) is 17.9 Å². The molecule has 1 amide bonds. The first-order valence-electron chi connectivity index (χ1n) is 8.77. The van der Waals surface area contributed by atoms with E-state index in [1.807, 2.05) is 12.1 Å². The van der Waals surface area contributed by atoms with Crippen molar-refractivity contribution in [3.8, 4) is 0 Å². The fraction of sp³-hybridized carbons (Fsp3) is 0.667. The molecule has 2 saturated carbocycles. The van der Waals surface area contributed by atoms with Crippen LogP contribution in [0.4, 0.5) is 5.88 Å². The van der Waals surface area contributed by atoms with E-state index in [9.17, 15) is 4.79 Å². The van der Waals surface area contributed by atoms with Gasteiger partial charge in [0.1, 0.15) is 5.76 Å². The van der Waals surface area contributed by atoms with Gasteiger partial charge < -0.3 is 9.32 Å². The van der Waals surface area contributed by atoms with E-state index in [-0.39, 0.29) is 17.2 Å². The predicted octanol–water partition coefficient (Wildman–Crippen LogP) is 3.40. The van der Waals surface area contributed by atoms with Gasteiger partial charge in [-0.1, -0.05) is 19.8 Å². The van der Waals surface area contributed by atoms with Gasteiger partial charge >= 0.3 is 0 Å². The third-order valence-electron chi connectivity index (χ3n) is 5.67. The number of carbonyl (C=O) groups is 1. The van der Waals surface area contributed by atoms with Gasteiger partial charge in [0, 0.05) is 25.1 Å². The molecule has 2 aliphatic rings. The molecule has 0 aliphatic heterocycles. The first-order chi connectivity index (χ1) is 11.1. The summed E-state index contributed by atoms with van der Waals surface area (Å²) in [6.07, 6.45) is 6.45. The lowest BCUT2D eigenvalue weighted by molar-refractivity contribution is -0.123. The van der Waals surface area contributed by atoms with Crippen molar-refractivity contribution in [1.82, 2.24) is 5.43 Å². The number of anilines is 1. The Hall–Kier alpha value is -1.78. The van der Waals surface area contributed by atoms with Crippen LogP contribution in [0.3, 0.4) is 0 Å². The zero-order valence-electron chi connectivity index (χ0n) is 14.3. The minimum absolute atomic E-state index is 0.0613. The monoisotopic (exact) mass is 317 g/mol. The largest absolute Gasteiger partial charge is 0.440 e. The number of rotatable bonds is 6. The third-order valence-corrected chi connectivity index (χ3v) is 5.67. The zero-order chi connectivity index (χ0) is 16.4. The number of hydrogen-bond donors (Lipinski definition) is 1. The maximum atomic E-state index is 12.3. The molecule has 2 fully saturated rings. The summed E-state index contributed by atoms with van der Waals surface area (Å²) >= 11 is 0. The van der Waals surface area contributed by atoms with Crippen LogP contribution in [-0.2, 0) is 4.79 Å². The number of carbonyl (C=O) groups excluding carboxylic acids is 1. The van der Waals surface area contributed by atoms with E-state index >= 15 is 0 Å². The third kappa shape index (κ3) is 3.01. The van der Waals surface area contributed by atoms with Crippen molar-refractivity contribution in [2.24, 2.45) is 22.4 Å². The van der Waals surface area contributed by atoms with Crippen LogP contribution in [0.2, 0.25) is 0 Å². The van der Waals surface area contributed by atoms with E-state index in [2.05, 4.69) is 36.2 Å². The molecule has 3 atom stereocenters. The molecule has 126 valence electrons. The van der Waals surface area contributed by atoms with Crippen LogP contribution in [0.5, 0.6) is 0 Å². The van der Waals surface area contributed by atoms with Crippen molar-refractivity contribution in [1.29, 1.82) is 0 Å². The highest BCUT2D eigenvalue weighted by Crippen LogP contribution is 2.66. The van der Waals surface area contributed by atoms with Crippen LogP contribution in [-0.4, -0.2) is 25.2 Å². The lowest BCUT2D eigenvalue weighted by Gasteiger charge is -2.16. The average Bonchev–Trinajstić information content (AvgIpc) is 2.91. The number of nitrogens with one attached hydrogen (secondary N) is 1. The summed E-state index contributed by atoms with van der Waals surface area (Å²) in [7, 11) is 0. The van der Waals surface area contributed by atoms with Crippen LogP contribution < -0.4 is 10.3 Å². The molecule has 0 radical (unpaired) electrons. The second-order valence-corrected chi connectivity index (χ2v) is 6.92. The van der Waals surface area contributed by atoms with E-state index in [4.69, 9.17) is 4.42 Å². The van der Waals surface area contributed by atoms with Crippen molar-refractivity contribution in [3.63, 3.8) is 0 Å². The van der Waals surface area contributed by atoms with E-state index < -0.39 is 0 Å². The molecule has 1 aromatic heterocycles. The van der Waals surface area contributed by atoms with Crippen molar-refractivity contribution >= 4 is 18.0 Å². The molecule has 2 aliphatic carbocycles. The van der Waals surface area contributed by atoms with Gasteiger partial charge in [-0.2, -0.15) is 5.10 Å². The first-order valence-corrected chi connectivity index (χ1v) is 8.77. The fourth-order valence-corrected chi connectivity index (χ4v) is 4.20. The Morgan fingerprint density at radius 3 is 2.87 bits per heavy atom. The van der Waals surface area contributed by atoms with Gasteiger partial charge in [0.15, 0.2) is 5.88 Å². The quantitative estimate of drug-likeness (QED) is 0.646. The molecule has 0 spiro atoms. The van der Waals surface area contributed by atoms with E-state index in [0.29, 0.717) is 11.7 Å². The molecule has 0 unspecified atom stereocenters. The van der Waals surface area contributed by atoms with Gasteiger partial charge in [-0.25, -0.2) is 5.43 Å². The lowest BCUT2D eigenvalue weighted by Crippen LogP contribution is -2.22. The molecule has 1 heterocycles. The molecule has 0 bridgehead atoms. The van der Waals surface area contributed by atoms with Gasteiger partial charge in [0.2, 0.25) is 5.91 Å². The lowest BCUT2D eigenvalue weighted by atomic mass is 9.90. The maximum Gasteiger partial charge on any atom is 0.244 e. The summed E-state index contributed by atoms with van der Waals surface area (Å²) in [6.45, 7) is 8.23. The van der Waals surface area contributed by atoms with Gasteiger partial charge in [0.25, 0.3) is 0 Å². The second-order valence-electron chi connectivity index (χ2n) is 6.92. The second kappa shape index (κ2) is 6.38. The number of hydrogen-bond acceptors (Lipinski definition) is 4. The van der Waals surface area contributed by atoms with E-state index in [1.54, 1.807) is 6.21 Å². The van der Waals surface area contributed by atoms with Crippen LogP contribution >= 0.6 is 0 Å². The molecule has 0 saturated heterocycles. The normalized spacial score (nSPS) is 29.3. The molecule has 5 nitrogen and oxygen atoms in total. The highest BCUT2D eigenvalue weighted by atomic mass is 16.4. The molecule has 23 heavy (non-hydrogen) atoms. The van der Waals surface area contributed by atoms with Crippen molar-refractivity contribution < 1.29 is 9.21 Å². The average molecular weight is 317 g/mol. The zero-order valence-corrected chi connectivity index (χ0v) is 14.3. The number of furan rings is 1. The number of hydrazone groups is 1. The van der Waals surface area contributed by atoms with Gasteiger partial charge in [-0.3, -0.25) is 4.79 Å². The topological polar surface area (TPSA) is 57.8 Å². The Morgan fingerprint density at radius 2 is 2.22 bits per heavy atom. The van der Waals surface area contributed by atoms with Crippen molar-refractivity contribution in [2.45, 2.75) is 46.5 Å². The van der Waals surface area contributed by atoms with Gasteiger partial charge in [-0.15, -0.1) is 0 Å². The molecular weight excluding hydrogens is 290 g/mol. The fourth-order valence-electron chi connectivity index (χ4n) is 4.20. The van der Waals surface area contributed by atoms with Gasteiger partial charge in [-0.05, 0) is 44.1 Å². The Kier molecular flexibility index (Phi) is 4.46. The Labute approximate surface area is 138 Å². The van der Waals surface area contributed by atoms with Gasteiger partial charge in [0.05, 0.1) is 6.21 Å². The van der Waals surface area contributed by atoms with E-state index in [1.165, 1.54) is 25.7 Å². The summed E-state index contributed by atoms with van der Waals surface area (Å²) in [5, 5.41) is 4.08. The molecule has 5 heteroatoms. The number of fused-ring (bicyclic) bond motifs is 1. The summed E-state index contributed by atoms with van der Waals surface area (Å²) in [6, 6.07) is 3.81. The Balaban J connectivity index is 1.54. The number of nitrogens with zero attached hydrogens (tertiary/aromatic N) is 2. The van der Waals surface area contributed by atoms with Crippen molar-refractivity contribution in [2.75, 3.05) is 18.0 Å². The first kappa shape index (κ1) is 16.1. The van der Waals surface area contributed by atoms with Crippen LogP contribution in [0, 0.1) is 17.3 Å². The molecular formula is C18H27N3O2. The molecule has 3 rings (SSSR count). The molecule has 0 aromatic carbocycles. The summed E-state index contributed by atoms with van der Waals surface area (Å²) < 4.78 is 5.73. The minimum atomic E-state index is 0.0613. The predicted molar refractivity (Wildman–Crippen MR) is 91.6 cm³/mol. The van der Waals surface area contributed by atoms with E-state index in [0.717, 1.165) is 19.0 Å². The Bertz CT molecular complexity index is 591. The molecule has 1 aromatic rings. The smallest absolute Gasteiger partial charge is 0.244 e. The van der Waals surface area contributed by atoms with Crippen LogP contribution in [0.15, 0.2) is 21.7 Å². The number of amides is 1. The minimum Gasteiger partial charge on any atom is -0.440 e. The highest BCUT2D eigenvalue weighted by molar-refractivity contribution is 5.85. The maximum absolute atomic E-state index is 12.3. The standard InChI is InChI=1S/C18H27N3O2/c1-4-21(5-2)15-10-9-13(23-15)12-19-20-17(22)16-14-8-6-7-11-18(14,16)3/h9-10,12,14,16H,4-8,11H2,1-3H3,(H,20,22)/b19-12-/t14-,16+,18-/m1/s1. The van der Waals surface area contributed by atoms with Crippen LogP contribution in [0.25, 0.3) is 0 Å². The Morgan fingerprint density at radius 1 is 1.43 bits per heavy atom.